The summed E-state index contributed by atoms with van der Waals surface area (Å²) >= 11 is 3.39. The molecule has 1 aromatic carbocycles. The topological polar surface area (TPSA) is 44.1 Å². The summed E-state index contributed by atoms with van der Waals surface area (Å²) in [4.78, 5) is 16.1. The van der Waals surface area contributed by atoms with Crippen LogP contribution in [0.5, 0.6) is 0 Å². The van der Waals surface area contributed by atoms with Crippen LogP contribution in [0.15, 0.2) is 29.0 Å². The molecule has 0 aliphatic carbocycles. The van der Waals surface area contributed by atoms with Crippen LogP contribution in [0, 0.1) is 0 Å². The van der Waals surface area contributed by atoms with Crippen molar-refractivity contribution in [1.82, 2.24) is 9.55 Å². The van der Waals surface area contributed by atoms with Gasteiger partial charge in [0.15, 0.2) is 0 Å². The number of para-hydroxylation sites is 1. The number of rotatable bonds is 0. The van der Waals surface area contributed by atoms with E-state index in [1.807, 2.05) is 39.0 Å². The summed E-state index contributed by atoms with van der Waals surface area (Å²) in [6.07, 6.45) is 1.06. The third-order valence-electron chi connectivity index (χ3n) is 2.12. The van der Waals surface area contributed by atoms with Crippen molar-refractivity contribution >= 4 is 33.1 Å². The molecule has 0 aliphatic rings. The Bertz CT molecular complexity index is 569. The Kier molecular flexibility index (Phi) is 2.95. The van der Waals surface area contributed by atoms with Crippen LogP contribution in [0.2, 0.25) is 0 Å². The second-order valence-corrected chi connectivity index (χ2v) is 5.56. The SMILES string of the molecule is CC(C)(C)OC(=O)n1cnc2c(Br)cccc21. The number of halogens is 1. The molecule has 90 valence electrons. The van der Waals surface area contributed by atoms with E-state index in [2.05, 4.69) is 20.9 Å². The molecule has 0 fully saturated rings. The lowest BCUT2D eigenvalue weighted by Gasteiger charge is -2.19. The van der Waals surface area contributed by atoms with Crippen molar-refractivity contribution in [3.8, 4) is 0 Å². The first-order valence-corrected chi connectivity index (χ1v) is 6.03. The first-order valence-electron chi connectivity index (χ1n) is 5.23. The Morgan fingerprint density at radius 2 is 2.12 bits per heavy atom. The number of nitrogens with zero attached hydrogens (tertiary/aromatic N) is 2. The number of benzene rings is 1. The first kappa shape index (κ1) is 12.1. The molecule has 0 aliphatic heterocycles. The van der Waals surface area contributed by atoms with E-state index in [9.17, 15) is 4.79 Å². The van der Waals surface area contributed by atoms with Gasteiger partial charge in [-0.05, 0) is 48.8 Å². The molecule has 0 radical (unpaired) electrons. The van der Waals surface area contributed by atoms with Gasteiger partial charge in [0.1, 0.15) is 17.4 Å². The van der Waals surface area contributed by atoms with E-state index in [0.717, 1.165) is 15.5 Å². The fraction of sp³-hybridized carbons (Fsp3) is 0.333. The number of hydrogen-bond acceptors (Lipinski definition) is 3. The maximum Gasteiger partial charge on any atom is 0.420 e. The molecular weight excluding hydrogens is 284 g/mol. The number of aromatic nitrogens is 2. The summed E-state index contributed by atoms with van der Waals surface area (Å²) in [5.74, 6) is 0. The van der Waals surface area contributed by atoms with Crippen LogP contribution in [0.1, 0.15) is 20.8 Å². The van der Waals surface area contributed by atoms with Crippen molar-refractivity contribution in [3.05, 3.63) is 29.0 Å². The summed E-state index contributed by atoms with van der Waals surface area (Å²) in [6, 6.07) is 5.57. The predicted molar refractivity (Wildman–Crippen MR) is 69.1 cm³/mol. The Labute approximate surface area is 108 Å². The highest BCUT2D eigenvalue weighted by atomic mass is 79.9. The number of carbonyl (C=O) groups excluding carboxylic acids is 1. The second kappa shape index (κ2) is 4.14. The van der Waals surface area contributed by atoms with Gasteiger partial charge in [0, 0.05) is 4.47 Å². The number of hydrogen-bond donors (Lipinski definition) is 0. The lowest BCUT2D eigenvalue weighted by atomic mass is 10.2. The average Bonchev–Trinajstić information content (AvgIpc) is 2.60. The monoisotopic (exact) mass is 296 g/mol. The molecule has 0 spiro atoms. The molecule has 0 unspecified atom stereocenters. The summed E-state index contributed by atoms with van der Waals surface area (Å²) in [5.41, 5.74) is 0.964. The van der Waals surface area contributed by atoms with Gasteiger partial charge in [-0.25, -0.2) is 14.3 Å². The number of fused-ring (bicyclic) bond motifs is 1. The van der Waals surface area contributed by atoms with E-state index in [1.54, 1.807) is 0 Å². The number of carbonyl (C=O) groups is 1. The quantitative estimate of drug-likeness (QED) is 0.746. The van der Waals surface area contributed by atoms with Crippen molar-refractivity contribution in [2.24, 2.45) is 0 Å². The molecule has 2 aromatic rings. The summed E-state index contributed by atoms with van der Waals surface area (Å²) in [7, 11) is 0. The van der Waals surface area contributed by atoms with Crippen LogP contribution in [-0.4, -0.2) is 21.2 Å². The van der Waals surface area contributed by atoms with Gasteiger partial charge in [-0.3, -0.25) is 0 Å². The van der Waals surface area contributed by atoms with Crippen molar-refractivity contribution in [2.75, 3.05) is 0 Å². The Morgan fingerprint density at radius 3 is 2.76 bits per heavy atom. The normalized spacial score (nSPS) is 11.8. The number of ether oxygens (including phenoxy) is 1. The van der Waals surface area contributed by atoms with Gasteiger partial charge in [0.05, 0.1) is 5.52 Å². The molecule has 1 aromatic heterocycles. The van der Waals surface area contributed by atoms with Crippen molar-refractivity contribution in [2.45, 2.75) is 26.4 Å². The molecule has 0 bridgehead atoms. The molecule has 2 rings (SSSR count). The van der Waals surface area contributed by atoms with E-state index >= 15 is 0 Å². The minimum absolute atomic E-state index is 0.418. The highest BCUT2D eigenvalue weighted by molar-refractivity contribution is 9.10. The lowest BCUT2D eigenvalue weighted by molar-refractivity contribution is 0.0543. The Hall–Kier alpha value is -1.36. The summed E-state index contributed by atoms with van der Waals surface area (Å²) < 4.78 is 7.57. The summed E-state index contributed by atoms with van der Waals surface area (Å²) in [6.45, 7) is 5.50. The fourth-order valence-electron chi connectivity index (χ4n) is 1.46. The highest BCUT2D eigenvalue weighted by Crippen LogP contribution is 2.22. The minimum Gasteiger partial charge on any atom is -0.443 e. The third kappa shape index (κ3) is 2.49. The molecule has 1 heterocycles. The zero-order valence-corrected chi connectivity index (χ0v) is 11.5. The van der Waals surface area contributed by atoms with Crippen molar-refractivity contribution in [3.63, 3.8) is 0 Å². The van der Waals surface area contributed by atoms with E-state index in [1.165, 1.54) is 10.9 Å². The molecular formula is C12H13BrN2O2. The zero-order valence-electron chi connectivity index (χ0n) is 9.90. The molecule has 0 saturated carbocycles. The van der Waals surface area contributed by atoms with Gasteiger partial charge in [-0.2, -0.15) is 0 Å². The molecule has 0 saturated heterocycles. The van der Waals surface area contributed by atoms with E-state index in [4.69, 9.17) is 4.74 Å². The average molecular weight is 297 g/mol. The highest BCUT2D eigenvalue weighted by Gasteiger charge is 2.19. The van der Waals surface area contributed by atoms with Gasteiger partial charge in [0.25, 0.3) is 0 Å². The molecule has 5 heteroatoms. The van der Waals surface area contributed by atoms with E-state index in [-0.39, 0.29) is 0 Å². The van der Waals surface area contributed by atoms with Crippen molar-refractivity contribution in [1.29, 1.82) is 0 Å². The third-order valence-corrected chi connectivity index (χ3v) is 2.76. The molecule has 17 heavy (non-hydrogen) atoms. The maximum atomic E-state index is 11.9. The van der Waals surface area contributed by atoms with E-state index in [0.29, 0.717) is 0 Å². The van der Waals surface area contributed by atoms with Gasteiger partial charge in [-0.1, -0.05) is 6.07 Å². The van der Waals surface area contributed by atoms with Gasteiger partial charge < -0.3 is 4.74 Å². The number of imidazole rings is 1. The van der Waals surface area contributed by atoms with E-state index < -0.39 is 11.7 Å². The second-order valence-electron chi connectivity index (χ2n) is 4.70. The van der Waals surface area contributed by atoms with Gasteiger partial charge >= 0.3 is 6.09 Å². The Morgan fingerprint density at radius 1 is 1.41 bits per heavy atom. The largest absolute Gasteiger partial charge is 0.443 e. The van der Waals surface area contributed by atoms with Crippen LogP contribution in [0.3, 0.4) is 0 Å². The zero-order chi connectivity index (χ0) is 12.6. The van der Waals surface area contributed by atoms with Crippen LogP contribution < -0.4 is 0 Å². The molecule has 0 N–H and O–H groups in total. The maximum absolute atomic E-state index is 11.9. The molecule has 4 nitrogen and oxygen atoms in total. The van der Waals surface area contributed by atoms with Crippen LogP contribution in [-0.2, 0) is 4.74 Å². The molecule has 0 amide bonds. The van der Waals surface area contributed by atoms with Crippen LogP contribution in [0.25, 0.3) is 11.0 Å². The smallest absolute Gasteiger partial charge is 0.420 e. The van der Waals surface area contributed by atoms with Gasteiger partial charge in [-0.15, -0.1) is 0 Å². The van der Waals surface area contributed by atoms with Crippen LogP contribution in [0.4, 0.5) is 4.79 Å². The van der Waals surface area contributed by atoms with Crippen LogP contribution >= 0.6 is 15.9 Å². The fourth-order valence-corrected chi connectivity index (χ4v) is 1.92. The van der Waals surface area contributed by atoms with Gasteiger partial charge in [0.2, 0.25) is 0 Å². The lowest BCUT2D eigenvalue weighted by Crippen LogP contribution is -2.26. The predicted octanol–water partition coefficient (Wildman–Crippen LogP) is 3.58. The van der Waals surface area contributed by atoms with Crippen molar-refractivity contribution < 1.29 is 9.53 Å². The minimum atomic E-state index is -0.514. The standard InChI is InChI=1S/C12H13BrN2O2/c1-12(2,3)17-11(16)15-7-14-10-8(13)5-4-6-9(10)15/h4-7H,1-3H3. The first-order chi connectivity index (χ1) is 7.88. The Balaban J connectivity index is 2.43. The molecule has 0 atom stereocenters. The summed E-state index contributed by atoms with van der Waals surface area (Å²) in [5, 5.41) is 0.